The molecule has 1 aliphatic carbocycles. The first-order valence-corrected chi connectivity index (χ1v) is 10.1. The lowest BCUT2D eigenvalue weighted by Crippen LogP contribution is -2.55. The minimum absolute atomic E-state index is 0.0671. The highest BCUT2D eigenvalue weighted by molar-refractivity contribution is 6.54. The average Bonchev–Trinajstić information content (AvgIpc) is 3.41. The molecule has 0 spiro atoms. The first kappa shape index (κ1) is 21.6. The Bertz CT molecular complexity index is 916. The molecule has 0 amide bonds. The molecule has 0 aromatic heterocycles. The molecule has 1 saturated heterocycles. The van der Waals surface area contributed by atoms with E-state index in [0.29, 0.717) is 22.7 Å². The minimum Gasteiger partial charge on any atom is -0.399 e. The summed E-state index contributed by atoms with van der Waals surface area (Å²) < 4.78 is 27.5. The molecule has 1 heterocycles. The van der Waals surface area contributed by atoms with Crippen molar-refractivity contribution in [1.29, 1.82) is 5.26 Å². The first-order valence-electron chi connectivity index (χ1n) is 10.1. The molecule has 0 radical (unpaired) electrons. The maximum Gasteiger partial charge on any atom is 0.489 e. The van der Waals surface area contributed by atoms with Gasteiger partial charge in [-0.3, -0.25) is 0 Å². The molecule has 2 aliphatic rings. The summed E-state index contributed by atoms with van der Waals surface area (Å²) in [5, 5.41) is 12.9. The Morgan fingerprint density at radius 3 is 2.38 bits per heavy atom. The van der Waals surface area contributed by atoms with Gasteiger partial charge in [0.05, 0.1) is 22.8 Å². The number of nitriles is 1. The van der Waals surface area contributed by atoms with E-state index in [9.17, 15) is 5.26 Å². The van der Waals surface area contributed by atoms with Crippen LogP contribution in [-0.4, -0.2) is 24.4 Å². The molecule has 2 unspecified atom stereocenters. The van der Waals surface area contributed by atoms with Gasteiger partial charge >= 0.3 is 7.12 Å². The minimum atomic E-state index is -0.686. The quantitative estimate of drug-likeness (QED) is 0.637. The zero-order chi connectivity index (χ0) is 21.7. The molecular weight excluding hydrogens is 366 g/mol. The lowest BCUT2D eigenvalue weighted by Gasteiger charge is -2.42. The fourth-order valence-electron chi connectivity index (χ4n) is 3.99. The van der Waals surface area contributed by atoms with Gasteiger partial charge in [-0.05, 0) is 77.5 Å². The van der Waals surface area contributed by atoms with E-state index in [1.165, 1.54) is 0 Å². The van der Waals surface area contributed by atoms with E-state index in [1.807, 2.05) is 40.7 Å². The van der Waals surface area contributed by atoms with E-state index in [-0.39, 0.29) is 11.6 Å². The Morgan fingerprint density at radius 2 is 1.93 bits per heavy atom. The summed E-state index contributed by atoms with van der Waals surface area (Å²) in [4.78, 5) is 0. The van der Waals surface area contributed by atoms with Gasteiger partial charge in [0, 0.05) is 11.3 Å². The normalized spacial score (nSPS) is 24.1. The van der Waals surface area contributed by atoms with Crippen LogP contribution in [0.3, 0.4) is 0 Å². The Balaban J connectivity index is 2.06. The van der Waals surface area contributed by atoms with Crippen LogP contribution in [0, 0.1) is 17.1 Å². The summed E-state index contributed by atoms with van der Waals surface area (Å²) in [5.74, 6) is -0.188. The van der Waals surface area contributed by atoms with Gasteiger partial charge in [-0.25, -0.2) is 4.39 Å². The zero-order valence-corrected chi connectivity index (χ0v) is 18.3. The molecular formula is C23H30BFN2O2. The first-order chi connectivity index (χ1) is 13.4. The third-order valence-electron chi connectivity index (χ3n) is 6.40. The smallest absolute Gasteiger partial charge is 0.399 e. The molecule has 1 N–H and O–H groups in total. The van der Waals surface area contributed by atoms with E-state index in [4.69, 9.17) is 9.31 Å². The Labute approximate surface area is 173 Å². The third kappa shape index (κ3) is 3.62. The topological polar surface area (TPSA) is 54.3 Å². The molecule has 29 heavy (non-hydrogen) atoms. The number of hydrogen-bond donors (Lipinski definition) is 1. The summed E-state index contributed by atoms with van der Waals surface area (Å²) in [7, 11) is -0.486. The number of anilines is 1. The van der Waals surface area contributed by atoms with Crippen LogP contribution in [0.5, 0.6) is 0 Å². The molecule has 154 valence electrons. The number of halogens is 1. The fraction of sp³-hybridized carbons (Fsp3) is 0.522. The molecule has 1 saturated carbocycles. The Hall–Kier alpha value is -2.10. The Morgan fingerprint density at radius 1 is 1.31 bits per heavy atom. The van der Waals surface area contributed by atoms with Crippen LogP contribution in [-0.2, 0) is 9.31 Å². The van der Waals surface area contributed by atoms with Crippen molar-refractivity contribution in [2.24, 2.45) is 0 Å². The molecule has 2 fully saturated rings. The zero-order valence-electron chi connectivity index (χ0n) is 18.3. The molecule has 1 aromatic rings. The van der Waals surface area contributed by atoms with Crippen molar-refractivity contribution in [3.63, 3.8) is 0 Å². The van der Waals surface area contributed by atoms with Crippen molar-refractivity contribution in [2.75, 3.05) is 5.32 Å². The van der Waals surface area contributed by atoms with E-state index in [2.05, 4.69) is 18.5 Å². The fourth-order valence-corrected chi connectivity index (χ4v) is 3.99. The van der Waals surface area contributed by atoms with E-state index >= 15 is 4.39 Å². The number of rotatable bonds is 6. The summed E-state index contributed by atoms with van der Waals surface area (Å²) in [5.41, 5.74) is 2.26. The third-order valence-corrected chi connectivity index (χ3v) is 6.40. The highest BCUT2D eigenvalue weighted by Crippen LogP contribution is 2.48. The van der Waals surface area contributed by atoms with Crippen molar-refractivity contribution in [3.05, 3.63) is 47.2 Å². The monoisotopic (exact) mass is 396 g/mol. The second-order valence-corrected chi connectivity index (χ2v) is 9.14. The van der Waals surface area contributed by atoms with Crippen LogP contribution in [0.1, 0.15) is 77.0 Å². The van der Waals surface area contributed by atoms with Crippen LogP contribution in [0.25, 0.3) is 5.57 Å². The number of nitrogens with zero attached hydrogens (tertiary/aromatic N) is 1. The van der Waals surface area contributed by atoms with Crippen LogP contribution < -0.4 is 5.32 Å². The average molecular weight is 396 g/mol. The van der Waals surface area contributed by atoms with Gasteiger partial charge in [0.25, 0.3) is 0 Å². The van der Waals surface area contributed by atoms with Crippen LogP contribution >= 0.6 is 0 Å². The van der Waals surface area contributed by atoms with Gasteiger partial charge in [-0.15, -0.1) is 6.58 Å². The van der Waals surface area contributed by atoms with Crippen molar-refractivity contribution < 1.29 is 13.7 Å². The second-order valence-electron chi connectivity index (χ2n) is 9.14. The SMILES string of the molecule is C=C(C)B1OC(C)(C)C(C)(C(C)Nc2c(C3CC3)cc(C#N)c(F)c2C(=C)C)O1. The van der Waals surface area contributed by atoms with Gasteiger partial charge in [0.1, 0.15) is 6.07 Å². The van der Waals surface area contributed by atoms with Gasteiger partial charge < -0.3 is 14.6 Å². The predicted molar refractivity (Wildman–Crippen MR) is 116 cm³/mol. The molecule has 1 aromatic carbocycles. The molecule has 6 heteroatoms. The summed E-state index contributed by atoms with van der Waals surface area (Å²) in [6, 6.07) is 3.47. The van der Waals surface area contributed by atoms with Crippen LogP contribution in [0.4, 0.5) is 10.1 Å². The van der Waals surface area contributed by atoms with E-state index < -0.39 is 24.1 Å². The maximum atomic E-state index is 15.1. The van der Waals surface area contributed by atoms with Crippen molar-refractivity contribution in [3.8, 4) is 6.07 Å². The predicted octanol–water partition coefficient (Wildman–Crippen LogP) is 5.60. The Kier molecular flexibility index (Phi) is 5.44. The summed E-state index contributed by atoms with van der Waals surface area (Å²) in [6.45, 7) is 19.6. The highest BCUT2D eigenvalue weighted by Gasteiger charge is 2.57. The highest BCUT2D eigenvalue weighted by atomic mass is 19.1. The summed E-state index contributed by atoms with van der Waals surface area (Å²) >= 11 is 0. The maximum absolute atomic E-state index is 15.1. The molecule has 4 nitrogen and oxygen atoms in total. The van der Waals surface area contributed by atoms with Gasteiger partial charge in [0.15, 0.2) is 5.82 Å². The van der Waals surface area contributed by atoms with Crippen molar-refractivity contribution >= 4 is 18.4 Å². The number of hydrogen-bond acceptors (Lipinski definition) is 4. The van der Waals surface area contributed by atoms with E-state index in [0.717, 1.165) is 23.9 Å². The molecule has 1 aliphatic heterocycles. The van der Waals surface area contributed by atoms with Gasteiger partial charge in [0.2, 0.25) is 0 Å². The van der Waals surface area contributed by atoms with E-state index in [1.54, 1.807) is 13.0 Å². The standard InChI is InChI=1S/C23H30BFN2O2/c1-13(2)19-20(25)17(12-26)11-18(16-9-10-16)21(19)27-15(5)23(8)22(6,7)28-24(29-23)14(3)4/h11,15-16,27H,1,3,9-10H2,2,4-8H3. The summed E-state index contributed by atoms with van der Waals surface area (Å²) in [6.07, 6.45) is 2.07. The van der Waals surface area contributed by atoms with Crippen molar-refractivity contribution in [1.82, 2.24) is 0 Å². The number of benzene rings is 1. The second kappa shape index (κ2) is 7.30. The van der Waals surface area contributed by atoms with Crippen molar-refractivity contribution in [2.45, 2.75) is 77.5 Å². The lowest BCUT2D eigenvalue weighted by atomic mass is 9.80. The number of allylic oxidation sites excluding steroid dienone is 2. The van der Waals surface area contributed by atoms with Crippen LogP contribution in [0.15, 0.2) is 24.7 Å². The largest absolute Gasteiger partial charge is 0.489 e. The number of nitrogens with one attached hydrogen (secondary N) is 1. The van der Waals surface area contributed by atoms with Crippen LogP contribution in [0.2, 0.25) is 0 Å². The lowest BCUT2D eigenvalue weighted by molar-refractivity contribution is -0.0196. The van der Waals surface area contributed by atoms with Gasteiger partial charge in [-0.1, -0.05) is 12.1 Å². The molecule has 0 bridgehead atoms. The molecule has 3 rings (SSSR count). The van der Waals surface area contributed by atoms with Gasteiger partial charge in [-0.2, -0.15) is 5.26 Å². The molecule has 2 atom stereocenters.